The van der Waals surface area contributed by atoms with Crippen LogP contribution < -0.4 is 5.73 Å². The summed E-state index contributed by atoms with van der Waals surface area (Å²) in [6, 6.07) is 4.72. The van der Waals surface area contributed by atoms with Gasteiger partial charge in [0.15, 0.2) is 0 Å². The van der Waals surface area contributed by atoms with Gasteiger partial charge in [-0.2, -0.15) is 13.2 Å². The first-order chi connectivity index (χ1) is 8.44. The van der Waals surface area contributed by atoms with E-state index in [2.05, 4.69) is 0 Å². The fraction of sp³-hybridized carbons (Fsp3) is 0.500. The number of ether oxygens (including phenoxy) is 1. The van der Waals surface area contributed by atoms with E-state index in [-0.39, 0.29) is 26.2 Å². The Bertz CT molecular complexity index is 379. The molecule has 0 aliphatic heterocycles. The number of rotatable bonds is 6. The third-order valence-corrected chi connectivity index (χ3v) is 2.39. The standard InChI is InChI=1S/C12H15F4NO/c13-11-9(7-17)3-1-4-10(11)8-18-6-2-5-12(14,15)16/h1,3-4H,2,5-8,17H2. The Hall–Kier alpha value is -1.14. The minimum Gasteiger partial charge on any atom is -0.377 e. The second-order valence-corrected chi connectivity index (χ2v) is 3.87. The van der Waals surface area contributed by atoms with E-state index in [1.165, 1.54) is 6.07 Å². The monoisotopic (exact) mass is 265 g/mol. The first-order valence-corrected chi connectivity index (χ1v) is 5.55. The lowest BCUT2D eigenvalue weighted by atomic mass is 10.1. The highest BCUT2D eigenvalue weighted by atomic mass is 19.4. The van der Waals surface area contributed by atoms with Gasteiger partial charge in [0, 0.05) is 30.7 Å². The number of benzene rings is 1. The maximum absolute atomic E-state index is 13.6. The van der Waals surface area contributed by atoms with Crippen molar-refractivity contribution in [2.45, 2.75) is 32.2 Å². The average molecular weight is 265 g/mol. The molecule has 0 heterocycles. The molecule has 0 unspecified atom stereocenters. The predicted molar refractivity (Wildman–Crippen MR) is 59.2 cm³/mol. The van der Waals surface area contributed by atoms with Crippen molar-refractivity contribution >= 4 is 0 Å². The van der Waals surface area contributed by atoms with Crippen molar-refractivity contribution in [2.24, 2.45) is 5.73 Å². The first kappa shape index (κ1) is 14.9. The van der Waals surface area contributed by atoms with E-state index in [4.69, 9.17) is 10.5 Å². The molecule has 1 aromatic rings. The number of halogens is 4. The summed E-state index contributed by atoms with van der Waals surface area (Å²) in [5.74, 6) is -0.448. The van der Waals surface area contributed by atoms with Crippen LogP contribution in [0.2, 0.25) is 0 Å². The van der Waals surface area contributed by atoms with Crippen LogP contribution in [-0.4, -0.2) is 12.8 Å². The third-order valence-electron chi connectivity index (χ3n) is 2.39. The average Bonchev–Trinajstić information content (AvgIpc) is 2.29. The highest BCUT2D eigenvalue weighted by Gasteiger charge is 2.25. The fourth-order valence-electron chi connectivity index (χ4n) is 1.46. The predicted octanol–water partition coefficient (Wildman–Crippen LogP) is 3.14. The molecular formula is C12H15F4NO. The minimum absolute atomic E-state index is 0.0441. The van der Waals surface area contributed by atoms with E-state index in [0.29, 0.717) is 11.1 Å². The van der Waals surface area contributed by atoms with Crippen molar-refractivity contribution in [3.05, 3.63) is 35.1 Å². The molecule has 2 N–H and O–H groups in total. The largest absolute Gasteiger partial charge is 0.389 e. The lowest BCUT2D eigenvalue weighted by molar-refractivity contribution is -0.138. The lowest BCUT2D eigenvalue weighted by Crippen LogP contribution is -2.09. The van der Waals surface area contributed by atoms with E-state index < -0.39 is 18.4 Å². The van der Waals surface area contributed by atoms with Crippen LogP contribution in [0.3, 0.4) is 0 Å². The molecule has 0 spiro atoms. The molecule has 0 saturated heterocycles. The second-order valence-electron chi connectivity index (χ2n) is 3.87. The van der Waals surface area contributed by atoms with Crippen molar-refractivity contribution in [3.63, 3.8) is 0 Å². The summed E-state index contributed by atoms with van der Waals surface area (Å²) in [4.78, 5) is 0. The van der Waals surface area contributed by atoms with Crippen LogP contribution in [0, 0.1) is 5.82 Å². The summed E-state index contributed by atoms with van der Waals surface area (Å²) in [5.41, 5.74) is 6.02. The van der Waals surface area contributed by atoms with Gasteiger partial charge in [0.2, 0.25) is 0 Å². The van der Waals surface area contributed by atoms with Crippen molar-refractivity contribution in [3.8, 4) is 0 Å². The van der Waals surface area contributed by atoms with Gasteiger partial charge in [-0.05, 0) is 6.42 Å². The van der Waals surface area contributed by atoms with Crippen LogP contribution in [0.5, 0.6) is 0 Å². The molecule has 0 aliphatic rings. The number of nitrogens with two attached hydrogens (primary N) is 1. The third kappa shape index (κ3) is 5.01. The molecule has 18 heavy (non-hydrogen) atoms. The molecule has 0 aliphatic carbocycles. The van der Waals surface area contributed by atoms with E-state index in [0.717, 1.165) is 0 Å². The first-order valence-electron chi connectivity index (χ1n) is 5.55. The maximum atomic E-state index is 13.6. The normalized spacial score (nSPS) is 11.8. The van der Waals surface area contributed by atoms with Crippen molar-refractivity contribution in [1.29, 1.82) is 0 Å². The molecule has 0 bridgehead atoms. The maximum Gasteiger partial charge on any atom is 0.389 e. The number of hydrogen-bond donors (Lipinski definition) is 1. The van der Waals surface area contributed by atoms with Crippen LogP contribution >= 0.6 is 0 Å². The number of hydrogen-bond acceptors (Lipinski definition) is 2. The molecule has 0 radical (unpaired) electrons. The Morgan fingerprint density at radius 3 is 2.44 bits per heavy atom. The topological polar surface area (TPSA) is 35.2 Å². The molecule has 102 valence electrons. The van der Waals surface area contributed by atoms with Gasteiger partial charge < -0.3 is 10.5 Å². The van der Waals surface area contributed by atoms with E-state index in [9.17, 15) is 17.6 Å². The summed E-state index contributed by atoms with van der Waals surface area (Å²) < 4.78 is 54.2. The minimum atomic E-state index is -4.17. The highest BCUT2D eigenvalue weighted by Crippen LogP contribution is 2.21. The van der Waals surface area contributed by atoms with Crippen LogP contribution in [0.1, 0.15) is 24.0 Å². The van der Waals surface area contributed by atoms with Gasteiger partial charge >= 0.3 is 6.18 Å². The van der Waals surface area contributed by atoms with Gasteiger partial charge in [0.05, 0.1) is 6.61 Å². The molecule has 2 nitrogen and oxygen atoms in total. The van der Waals surface area contributed by atoms with E-state index in [1.807, 2.05) is 0 Å². The molecule has 6 heteroatoms. The molecule has 0 atom stereocenters. The Kier molecular flexibility index (Phi) is 5.55. The smallest absolute Gasteiger partial charge is 0.377 e. The zero-order chi connectivity index (χ0) is 13.6. The van der Waals surface area contributed by atoms with Crippen LogP contribution in [-0.2, 0) is 17.9 Å². The number of alkyl halides is 3. The Labute approximate surface area is 103 Å². The van der Waals surface area contributed by atoms with Crippen LogP contribution in [0.4, 0.5) is 17.6 Å². The Morgan fingerprint density at radius 1 is 1.17 bits per heavy atom. The van der Waals surface area contributed by atoms with E-state index >= 15 is 0 Å². The van der Waals surface area contributed by atoms with Gasteiger partial charge in [-0.25, -0.2) is 4.39 Å². The molecule has 1 aromatic carbocycles. The molecule has 0 saturated carbocycles. The summed E-state index contributed by atoms with van der Waals surface area (Å²) in [7, 11) is 0. The summed E-state index contributed by atoms with van der Waals surface area (Å²) in [5, 5.41) is 0. The SMILES string of the molecule is NCc1cccc(COCCCC(F)(F)F)c1F. The molecule has 1 rings (SSSR count). The molecule has 0 aromatic heterocycles. The van der Waals surface area contributed by atoms with Crippen molar-refractivity contribution in [2.75, 3.05) is 6.61 Å². The quantitative estimate of drug-likeness (QED) is 0.633. The van der Waals surface area contributed by atoms with Gasteiger partial charge in [-0.1, -0.05) is 18.2 Å². The lowest BCUT2D eigenvalue weighted by Gasteiger charge is -2.09. The Morgan fingerprint density at radius 2 is 1.83 bits per heavy atom. The summed E-state index contributed by atoms with van der Waals surface area (Å²) in [6.45, 7) is -0.0168. The van der Waals surface area contributed by atoms with E-state index in [1.54, 1.807) is 12.1 Å². The van der Waals surface area contributed by atoms with Gasteiger partial charge in [-0.15, -0.1) is 0 Å². The fourth-order valence-corrected chi connectivity index (χ4v) is 1.46. The molecular weight excluding hydrogens is 250 g/mol. The van der Waals surface area contributed by atoms with Gasteiger partial charge in [-0.3, -0.25) is 0 Å². The Balaban J connectivity index is 2.36. The van der Waals surface area contributed by atoms with Gasteiger partial charge in [0.25, 0.3) is 0 Å². The van der Waals surface area contributed by atoms with Crippen LogP contribution in [0.25, 0.3) is 0 Å². The second kappa shape index (κ2) is 6.70. The zero-order valence-electron chi connectivity index (χ0n) is 9.77. The summed E-state index contributed by atoms with van der Waals surface area (Å²) >= 11 is 0. The molecule has 0 amide bonds. The molecule has 0 fully saturated rings. The van der Waals surface area contributed by atoms with Gasteiger partial charge in [0.1, 0.15) is 5.82 Å². The van der Waals surface area contributed by atoms with Crippen molar-refractivity contribution in [1.82, 2.24) is 0 Å². The highest BCUT2D eigenvalue weighted by molar-refractivity contribution is 5.25. The van der Waals surface area contributed by atoms with Crippen LogP contribution in [0.15, 0.2) is 18.2 Å². The zero-order valence-corrected chi connectivity index (χ0v) is 9.77. The summed E-state index contributed by atoms with van der Waals surface area (Å²) in [6.07, 6.45) is -5.19. The van der Waals surface area contributed by atoms with Crippen molar-refractivity contribution < 1.29 is 22.3 Å².